The zero-order valence-electron chi connectivity index (χ0n) is 11.1. The van der Waals surface area contributed by atoms with Gasteiger partial charge in [0.2, 0.25) is 5.91 Å². The van der Waals surface area contributed by atoms with Gasteiger partial charge in [-0.15, -0.1) is 0 Å². The minimum absolute atomic E-state index is 0.0411. The van der Waals surface area contributed by atoms with Crippen LogP contribution in [0.3, 0.4) is 0 Å². The monoisotopic (exact) mass is 315 g/mol. The highest BCUT2D eigenvalue weighted by Gasteiger charge is 2.31. The van der Waals surface area contributed by atoms with Crippen LogP contribution < -0.4 is 0 Å². The molecule has 108 valence electrons. The highest BCUT2D eigenvalue weighted by atomic mass is 35.5. The van der Waals surface area contributed by atoms with Crippen LogP contribution >= 0.6 is 23.2 Å². The third-order valence-corrected chi connectivity index (χ3v) is 4.02. The molecule has 0 N–H and O–H groups in total. The fraction of sp³-hybridized carbons (Fsp3) is 0.429. The van der Waals surface area contributed by atoms with Crippen LogP contribution in [0, 0.1) is 5.92 Å². The van der Waals surface area contributed by atoms with Crippen LogP contribution in [0.2, 0.25) is 10.0 Å². The number of ether oxygens (including phenoxy) is 1. The van der Waals surface area contributed by atoms with Crippen LogP contribution in [0.4, 0.5) is 0 Å². The lowest BCUT2D eigenvalue weighted by Crippen LogP contribution is -2.31. The molecule has 1 fully saturated rings. The summed E-state index contributed by atoms with van der Waals surface area (Å²) < 4.78 is 4.70. The van der Waals surface area contributed by atoms with Crippen molar-refractivity contribution in [3.63, 3.8) is 0 Å². The topological polar surface area (TPSA) is 46.6 Å². The minimum Gasteiger partial charge on any atom is -0.469 e. The van der Waals surface area contributed by atoms with E-state index in [1.54, 1.807) is 23.1 Å². The fourth-order valence-corrected chi connectivity index (χ4v) is 2.76. The minimum atomic E-state index is -0.259. The van der Waals surface area contributed by atoms with Crippen LogP contribution in [0.1, 0.15) is 12.0 Å². The fourth-order valence-electron chi connectivity index (χ4n) is 2.29. The number of carbonyl (C=O) groups excluding carboxylic acids is 2. The number of hydrogen-bond donors (Lipinski definition) is 0. The van der Waals surface area contributed by atoms with Crippen molar-refractivity contribution < 1.29 is 14.3 Å². The van der Waals surface area contributed by atoms with Gasteiger partial charge in [0.1, 0.15) is 0 Å². The van der Waals surface area contributed by atoms with E-state index in [1.807, 2.05) is 0 Å². The number of carbonyl (C=O) groups is 2. The Kier molecular flexibility index (Phi) is 4.89. The number of methoxy groups -OCH3 is 1. The molecule has 0 aliphatic carbocycles. The van der Waals surface area contributed by atoms with Crippen LogP contribution in [-0.4, -0.2) is 37.0 Å². The summed E-state index contributed by atoms with van der Waals surface area (Å²) in [5.41, 5.74) is 0.739. The number of likely N-dealkylation sites (tertiary alicyclic amines) is 1. The number of esters is 1. The molecule has 0 bridgehead atoms. The lowest BCUT2D eigenvalue weighted by atomic mass is 10.1. The van der Waals surface area contributed by atoms with Gasteiger partial charge < -0.3 is 9.64 Å². The van der Waals surface area contributed by atoms with Gasteiger partial charge >= 0.3 is 5.97 Å². The molecule has 1 atom stereocenters. The molecule has 1 heterocycles. The molecular weight excluding hydrogens is 301 g/mol. The Hall–Kier alpha value is -1.26. The van der Waals surface area contributed by atoms with Gasteiger partial charge in [-0.2, -0.15) is 0 Å². The zero-order valence-corrected chi connectivity index (χ0v) is 12.6. The molecule has 1 saturated heterocycles. The highest BCUT2D eigenvalue weighted by molar-refractivity contribution is 6.35. The molecule has 0 spiro atoms. The van der Waals surface area contributed by atoms with Gasteiger partial charge in [-0.1, -0.05) is 29.3 Å². The van der Waals surface area contributed by atoms with E-state index in [1.165, 1.54) is 7.11 Å². The van der Waals surface area contributed by atoms with E-state index in [0.29, 0.717) is 29.6 Å². The highest BCUT2D eigenvalue weighted by Crippen LogP contribution is 2.23. The molecule has 1 unspecified atom stereocenters. The van der Waals surface area contributed by atoms with Crippen molar-refractivity contribution in [3.05, 3.63) is 33.8 Å². The van der Waals surface area contributed by atoms with Crippen molar-refractivity contribution in [3.8, 4) is 0 Å². The number of benzene rings is 1. The second-order valence-corrected chi connectivity index (χ2v) is 5.60. The lowest BCUT2D eigenvalue weighted by molar-refractivity contribution is -0.145. The second-order valence-electron chi connectivity index (χ2n) is 4.76. The summed E-state index contributed by atoms with van der Waals surface area (Å²) in [7, 11) is 1.36. The van der Waals surface area contributed by atoms with E-state index in [0.717, 1.165) is 5.56 Å². The molecule has 6 heteroatoms. The van der Waals surface area contributed by atoms with Gasteiger partial charge in [0, 0.05) is 23.1 Å². The SMILES string of the molecule is COC(=O)C1CCN(C(=O)Cc2ccc(Cl)cc2Cl)C1. The number of rotatable bonds is 3. The maximum Gasteiger partial charge on any atom is 0.310 e. The van der Waals surface area contributed by atoms with Gasteiger partial charge in [0.15, 0.2) is 0 Å². The lowest BCUT2D eigenvalue weighted by Gasteiger charge is -2.16. The Bertz CT molecular complexity index is 533. The summed E-state index contributed by atoms with van der Waals surface area (Å²) in [6.45, 7) is 0.987. The van der Waals surface area contributed by atoms with Crippen molar-refractivity contribution in [2.45, 2.75) is 12.8 Å². The first-order valence-corrected chi connectivity index (χ1v) is 7.06. The van der Waals surface area contributed by atoms with Gasteiger partial charge in [-0.3, -0.25) is 9.59 Å². The first-order chi connectivity index (χ1) is 9.51. The molecular formula is C14H15Cl2NO3. The molecule has 0 aromatic heterocycles. The summed E-state index contributed by atoms with van der Waals surface area (Å²) in [4.78, 5) is 25.3. The Morgan fingerprint density at radius 1 is 1.40 bits per heavy atom. The average Bonchev–Trinajstić information content (AvgIpc) is 2.90. The van der Waals surface area contributed by atoms with Crippen LogP contribution in [0.25, 0.3) is 0 Å². The molecule has 1 amide bonds. The molecule has 4 nitrogen and oxygen atoms in total. The molecule has 1 aliphatic heterocycles. The number of amides is 1. The maximum absolute atomic E-state index is 12.2. The largest absolute Gasteiger partial charge is 0.469 e. The van der Waals surface area contributed by atoms with Gasteiger partial charge in [-0.05, 0) is 24.1 Å². The molecule has 0 radical (unpaired) electrons. The van der Waals surface area contributed by atoms with Gasteiger partial charge in [0.25, 0.3) is 0 Å². The van der Waals surface area contributed by atoms with E-state index in [4.69, 9.17) is 27.9 Å². The maximum atomic E-state index is 12.2. The van der Waals surface area contributed by atoms with Gasteiger partial charge in [-0.25, -0.2) is 0 Å². The van der Waals surface area contributed by atoms with Gasteiger partial charge in [0.05, 0.1) is 19.4 Å². The molecule has 0 saturated carbocycles. The van der Waals surface area contributed by atoms with Crippen molar-refractivity contribution in [2.24, 2.45) is 5.92 Å². The van der Waals surface area contributed by atoms with Crippen molar-refractivity contribution in [1.29, 1.82) is 0 Å². The predicted molar refractivity (Wildman–Crippen MR) is 76.9 cm³/mol. The summed E-state index contributed by atoms with van der Waals surface area (Å²) in [5.74, 6) is -0.518. The molecule has 1 aromatic rings. The molecule has 1 aromatic carbocycles. The summed E-state index contributed by atoms with van der Waals surface area (Å²) in [5, 5.41) is 1.02. The van der Waals surface area contributed by atoms with Crippen LogP contribution in [-0.2, 0) is 20.7 Å². The Morgan fingerprint density at radius 3 is 2.80 bits per heavy atom. The third-order valence-electron chi connectivity index (χ3n) is 3.43. The second kappa shape index (κ2) is 6.46. The van der Waals surface area contributed by atoms with E-state index in [-0.39, 0.29) is 24.2 Å². The quantitative estimate of drug-likeness (QED) is 0.805. The smallest absolute Gasteiger partial charge is 0.310 e. The zero-order chi connectivity index (χ0) is 14.7. The summed E-state index contributed by atoms with van der Waals surface area (Å²) >= 11 is 11.9. The summed E-state index contributed by atoms with van der Waals surface area (Å²) in [6, 6.07) is 5.07. The van der Waals surface area contributed by atoms with E-state index >= 15 is 0 Å². The van der Waals surface area contributed by atoms with E-state index < -0.39 is 0 Å². The first-order valence-electron chi connectivity index (χ1n) is 6.30. The number of hydrogen-bond acceptors (Lipinski definition) is 3. The molecule has 20 heavy (non-hydrogen) atoms. The Labute approximate surface area is 127 Å². The van der Waals surface area contributed by atoms with E-state index in [9.17, 15) is 9.59 Å². The predicted octanol–water partition coefficient (Wildman–Crippen LogP) is 2.56. The third kappa shape index (κ3) is 3.44. The van der Waals surface area contributed by atoms with Crippen LogP contribution in [0.15, 0.2) is 18.2 Å². The number of nitrogens with zero attached hydrogens (tertiary/aromatic N) is 1. The number of halogens is 2. The molecule has 1 aliphatic rings. The first kappa shape index (κ1) is 15.1. The van der Waals surface area contributed by atoms with E-state index in [2.05, 4.69) is 0 Å². The van der Waals surface area contributed by atoms with Crippen LogP contribution in [0.5, 0.6) is 0 Å². The normalized spacial score (nSPS) is 18.1. The Morgan fingerprint density at radius 2 is 2.15 bits per heavy atom. The standard InChI is InChI=1S/C14H15Cl2NO3/c1-20-14(19)10-4-5-17(8-10)13(18)6-9-2-3-11(15)7-12(9)16/h2-3,7,10H,4-6,8H2,1H3. The van der Waals surface area contributed by atoms with Crippen molar-refractivity contribution in [2.75, 3.05) is 20.2 Å². The molecule has 2 rings (SSSR count). The Balaban J connectivity index is 1.97. The van der Waals surface area contributed by atoms with Crippen molar-refractivity contribution >= 4 is 35.1 Å². The average molecular weight is 316 g/mol. The summed E-state index contributed by atoms with van der Waals surface area (Å²) in [6.07, 6.45) is 0.858. The van der Waals surface area contributed by atoms with Crippen molar-refractivity contribution in [1.82, 2.24) is 4.90 Å².